The number of aromatic nitrogens is 1. The SMILES string of the molecule is O=C(Oc1ccccc1[N+](=O)[O-])c1nccs1. The molecule has 0 aliphatic carbocycles. The normalized spacial score (nSPS) is 9.88. The van der Waals surface area contributed by atoms with Crippen LogP contribution in [-0.4, -0.2) is 15.9 Å². The highest BCUT2D eigenvalue weighted by Gasteiger charge is 2.19. The van der Waals surface area contributed by atoms with Gasteiger partial charge in [-0.05, 0) is 6.07 Å². The van der Waals surface area contributed by atoms with Crippen LogP contribution in [0.1, 0.15) is 9.80 Å². The molecule has 0 saturated carbocycles. The number of benzene rings is 1. The quantitative estimate of drug-likeness (QED) is 0.361. The Balaban J connectivity index is 2.25. The van der Waals surface area contributed by atoms with Crippen LogP contribution in [0.25, 0.3) is 0 Å². The summed E-state index contributed by atoms with van der Waals surface area (Å²) in [6.07, 6.45) is 1.46. The van der Waals surface area contributed by atoms with Crippen LogP contribution in [0.3, 0.4) is 0 Å². The van der Waals surface area contributed by atoms with Gasteiger partial charge in [-0.2, -0.15) is 0 Å². The van der Waals surface area contributed by atoms with Crippen molar-refractivity contribution >= 4 is 23.0 Å². The topological polar surface area (TPSA) is 82.3 Å². The summed E-state index contributed by atoms with van der Waals surface area (Å²) in [5, 5.41) is 12.5. The molecule has 1 aromatic carbocycles. The minimum absolute atomic E-state index is 0.0855. The molecular formula is C10H6N2O4S. The largest absolute Gasteiger partial charge is 0.414 e. The van der Waals surface area contributed by atoms with Crippen LogP contribution in [-0.2, 0) is 0 Å². The lowest BCUT2D eigenvalue weighted by Crippen LogP contribution is -2.09. The van der Waals surface area contributed by atoms with Crippen molar-refractivity contribution in [3.05, 3.63) is 51.0 Å². The van der Waals surface area contributed by atoms with Gasteiger partial charge in [-0.15, -0.1) is 11.3 Å². The van der Waals surface area contributed by atoms with Crippen molar-refractivity contribution in [1.29, 1.82) is 0 Å². The van der Waals surface area contributed by atoms with Gasteiger partial charge in [-0.25, -0.2) is 9.78 Å². The molecule has 2 aromatic rings. The summed E-state index contributed by atoms with van der Waals surface area (Å²) in [7, 11) is 0. The van der Waals surface area contributed by atoms with E-state index in [4.69, 9.17) is 4.74 Å². The van der Waals surface area contributed by atoms with Crippen LogP contribution in [0, 0.1) is 10.1 Å². The average molecular weight is 250 g/mol. The predicted octanol–water partition coefficient (Wildman–Crippen LogP) is 2.27. The number of esters is 1. The first-order chi connectivity index (χ1) is 8.18. The summed E-state index contributed by atoms with van der Waals surface area (Å²) in [4.78, 5) is 25.4. The smallest absolute Gasteiger partial charge is 0.373 e. The highest BCUT2D eigenvalue weighted by molar-refractivity contribution is 7.11. The second kappa shape index (κ2) is 4.71. The first-order valence-electron chi connectivity index (χ1n) is 4.53. The number of hydrogen-bond donors (Lipinski definition) is 0. The summed E-state index contributed by atoms with van der Waals surface area (Å²) < 4.78 is 4.92. The number of ether oxygens (including phenoxy) is 1. The molecule has 0 aliphatic rings. The molecule has 0 unspecified atom stereocenters. The lowest BCUT2D eigenvalue weighted by atomic mass is 10.3. The monoisotopic (exact) mass is 250 g/mol. The molecule has 0 amide bonds. The molecular weight excluding hydrogens is 244 g/mol. The molecule has 1 aromatic heterocycles. The third kappa shape index (κ3) is 2.45. The van der Waals surface area contributed by atoms with Crippen LogP contribution in [0.5, 0.6) is 5.75 Å². The summed E-state index contributed by atoms with van der Waals surface area (Å²) in [6.45, 7) is 0. The zero-order valence-electron chi connectivity index (χ0n) is 8.40. The van der Waals surface area contributed by atoms with E-state index >= 15 is 0 Å². The van der Waals surface area contributed by atoms with Crippen LogP contribution in [0.15, 0.2) is 35.8 Å². The van der Waals surface area contributed by atoms with Gasteiger partial charge in [-0.1, -0.05) is 12.1 Å². The van der Waals surface area contributed by atoms with E-state index in [2.05, 4.69) is 4.98 Å². The molecule has 0 bridgehead atoms. The Labute approximate surface area is 99.6 Å². The number of para-hydroxylation sites is 2. The predicted molar refractivity (Wildman–Crippen MR) is 60.2 cm³/mol. The Hall–Kier alpha value is -2.28. The van der Waals surface area contributed by atoms with Crippen molar-refractivity contribution in [1.82, 2.24) is 4.98 Å². The highest BCUT2D eigenvalue weighted by atomic mass is 32.1. The van der Waals surface area contributed by atoms with E-state index in [-0.39, 0.29) is 16.4 Å². The van der Waals surface area contributed by atoms with Gasteiger partial charge < -0.3 is 4.74 Å². The Morgan fingerprint density at radius 3 is 2.82 bits per heavy atom. The molecule has 0 N–H and O–H groups in total. The molecule has 0 spiro atoms. The van der Waals surface area contributed by atoms with E-state index in [1.54, 1.807) is 11.4 Å². The standard InChI is InChI=1S/C10H6N2O4S/c13-10(9-11-5-6-17-9)16-8-4-2-1-3-7(8)12(14)15/h1-6H. The second-order valence-corrected chi connectivity index (χ2v) is 3.85. The molecule has 0 fully saturated rings. The van der Waals surface area contributed by atoms with E-state index < -0.39 is 10.9 Å². The van der Waals surface area contributed by atoms with Crippen molar-refractivity contribution in [3.8, 4) is 5.75 Å². The fourth-order valence-corrected chi connectivity index (χ4v) is 1.67. The third-order valence-corrected chi connectivity index (χ3v) is 2.62. The Morgan fingerprint density at radius 2 is 2.18 bits per heavy atom. The lowest BCUT2D eigenvalue weighted by molar-refractivity contribution is -0.385. The highest BCUT2D eigenvalue weighted by Crippen LogP contribution is 2.26. The van der Waals surface area contributed by atoms with Gasteiger partial charge in [0.05, 0.1) is 4.92 Å². The molecule has 6 nitrogen and oxygen atoms in total. The molecule has 17 heavy (non-hydrogen) atoms. The number of hydrogen-bond acceptors (Lipinski definition) is 6. The molecule has 1 heterocycles. The number of carbonyl (C=O) groups is 1. The number of nitrogens with zero attached hydrogens (tertiary/aromatic N) is 2. The van der Waals surface area contributed by atoms with Crippen LogP contribution < -0.4 is 4.74 Å². The number of nitro benzene ring substituents is 1. The van der Waals surface area contributed by atoms with Crippen LogP contribution in [0.2, 0.25) is 0 Å². The minimum atomic E-state index is -0.700. The van der Waals surface area contributed by atoms with Crippen LogP contribution in [0.4, 0.5) is 5.69 Å². The molecule has 7 heteroatoms. The van der Waals surface area contributed by atoms with E-state index in [1.807, 2.05) is 0 Å². The number of rotatable bonds is 3. The van der Waals surface area contributed by atoms with Gasteiger partial charge in [0.2, 0.25) is 10.8 Å². The fraction of sp³-hybridized carbons (Fsp3) is 0. The van der Waals surface area contributed by atoms with Gasteiger partial charge >= 0.3 is 11.7 Å². The molecule has 2 rings (SSSR count). The molecule has 0 aliphatic heterocycles. The van der Waals surface area contributed by atoms with Crippen molar-refractivity contribution < 1.29 is 14.5 Å². The Morgan fingerprint density at radius 1 is 1.41 bits per heavy atom. The van der Waals surface area contributed by atoms with Gasteiger partial charge in [0, 0.05) is 17.6 Å². The summed E-state index contributed by atoms with van der Waals surface area (Å²) in [6, 6.07) is 5.68. The van der Waals surface area contributed by atoms with Crippen molar-refractivity contribution in [2.75, 3.05) is 0 Å². The third-order valence-electron chi connectivity index (χ3n) is 1.87. The first-order valence-corrected chi connectivity index (χ1v) is 5.41. The zero-order valence-corrected chi connectivity index (χ0v) is 9.22. The second-order valence-electron chi connectivity index (χ2n) is 2.95. The van der Waals surface area contributed by atoms with E-state index in [0.29, 0.717) is 0 Å². The zero-order chi connectivity index (χ0) is 12.3. The molecule has 0 atom stereocenters. The lowest BCUT2D eigenvalue weighted by Gasteiger charge is -2.02. The fourth-order valence-electron chi connectivity index (χ4n) is 1.16. The number of nitro groups is 1. The van der Waals surface area contributed by atoms with E-state index in [0.717, 1.165) is 11.3 Å². The van der Waals surface area contributed by atoms with Gasteiger partial charge in [-0.3, -0.25) is 10.1 Å². The van der Waals surface area contributed by atoms with Gasteiger partial charge in [0.1, 0.15) is 0 Å². The van der Waals surface area contributed by atoms with Gasteiger partial charge in [0.25, 0.3) is 0 Å². The van der Waals surface area contributed by atoms with Crippen LogP contribution >= 0.6 is 11.3 Å². The maximum atomic E-state index is 11.6. The minimum Gasteiger partial charge on any atom is -0.414 e. The van der Waals surface area contributed by atoms with E-state index in [9.17, 15) is 14.9 Å². The van der Waals surface area contributed by atoms with Crippen molar-refractivity contribution in [3.63, 3.8) is 0 Å². The van der Waals surface area contributed by atoms with Crippen molar-refractivity contribution in [2.45, 2.75) is 0 Å². The summed E-state index contributed by atoms with van der Waals surface area (Å²) in [5.74, 6) is -0.785. The Bertz CT molecular complexity index is 553. The molecule has 0 radical (unpaired) electrons. The first kappa shape index (κ1) is 11.2. The maximum absolute atomic E-state index is 11.6. The maximum Gasteiger partial charge on any atom is 0.373 e. The number of carbonyl (C=O) groups excluding carboxylic acids is 1. The Kier molecular flexibility index (Phi) is 3.10. The average Bonchev–Trinajstić information content (AvgIpc) is 2.83. The van der Waals surface area contributed by atoms with Crippen molar-refractivity contribution in [2.24, 2.45) is 0 Å². The summed E-state index contributed by atoms with van der Waals surface area (Å²) >= 11 is 1.11. The molecule has 0 saturated heterocycles. The molecule has 86 valence electrons. The van der Waals surface area contributed by atoms with E-state index in [1.165, 1.54) is 24.4 Å². The summed E-state index contributed by atoms with van der Waals surface area (Å²) in [5.41, 5.74) is -0.252. The number of thiazole rings is 1. The van der Waals surface area contributed by atoms with Gasteiger partial charge in [0.15, 0.2) is 0 Å².